The Labute approximate surface area is 137 Å². The highest BCUT2D eigenvalue weighted by molar-refractivity contribution is 5.99. The lowest BCUT2D eigenvalue weighted by molar-refractivity contribution is -0.116. The van der Waals surface area contributed by atoms with Gasteiger partial charge in [0.2, 0.25) is 5.91 Å². The van der Waals surface area contributed by atoms with Crippen LogP contribution in [-0.2, 0) is 4.79 Å². The molecule has 0 radical (unpaired) electrons. The number of nitrogens with zero attached hydrogens (tertiary/aromatic N) is 1. The van der Waals surface area contributed by atoms with Crippen molar-refractivity contribution in [2.45, 2.75) is 0 Å². The fourth-order valence-corrected chi connectivity index (χ4v) is 2.07. The monoisotopic (exact) mass is 334 g/mol. The third-order valence-corrected chi connectivity index (χ3v) is 3.23. The van der Waals surface area contributed by atoms with Gasteiger partial charge in [-0.15, -0.1) is 0 Å². The number of methoxy groups -OCH3 is 1. The van der Waals surface area contributed by atoms with Gasteiger partial charge in [-0.05, 0) is 36.4 Å². The first kappa shape index (κ1) is 17.4. The first-order chi connectivity index (χ1) is 11.4. The Hall–Kier alpha value is -2.96. The Balaban J connectivity index is 2.00. The van der Waals surface area contributed by atoms with Gasteiger partial charge in [0.05, 0.1) is 13.7 Å². The molecular formula is C17H16F2N2O3. The molecule has 126 valence electrons. The second-order valence-electron chi connectivity index (χ2n) is 5.07. The molecule has 0 aliphatic heterocycles. The summed E-state index contributed by atoms with van der Waals surface area (Å²) in [6.45, 7) is -0.261. The van der Waals surface area contributed by atoms with E-state index >= 15 is 0 Å². The molecule has 0 atom stereocenters. The van der Waals surface area contributed by atoms with E-state index in [1.807, 2.05) is 0 Å². The Morgan fingerprint density at radius 1 is 1.17 bits per heavy atom. The van der Waals surface area contributed by atoms with E-state index in [2.05, 4.69) is 5.32 Å². The van der Waals surface area contributed by atoms with Crippen molar-refractivity contribution in [2.24, 2.45) is 0 Å². The van der Waals surface area contributed by atoms with Crippen LogP contribution in [0.4, 0.5) is 14.5 Å². The zero-order valence-electron chi connectivity index (χ0n) is 13.2. The summed E-state index contributed by atoms with van der Waals surface area (Å²) in [6.07, 6.45) is 0. The van der Waals surface area contributed by atoms with E-state index in [1.54, 1.807) is 0 Å². The van der Waals surface area contributed by atoms with Crippen LogP contribution in [0, 0.1) is 11.6 Å². The third-order valence-electron chi connectivity index (χ3n) is 3.23. The van der Waals surface area contributed by atoms with Crippen molar-refractivity contribution in [1.82, 2.24) is 4.90 Å². The molecule has 1 N–H and O–H groups in total. The molecule has 0 aliphatic rings. The molecular weight excluding hydrogens is 318 g/mol. The fourth-order valence-electron chi connectivity index (χ4n) is 2.07. The molecule has 0 fully saturated rings. The number of likely N-dealkylation sites (N-methyl/N-ethyl adjacent to an activating group) is 1. The van der Waals surface area contributed by atoms with Gasteiger partial charge >= 0.3 is 0 Å². The van der Waals surface area contributed by atoms with Crippen molar-refractivity contribution in [3.8, 4) is 5.75 Å². The zero-order chi connectivity index (χ0) is 17.7. The molecule has 24 heavy (non-hydrogen) atoms. The predicted molar refractivity (Wildman–Crippen MR) is 84.9 cm³/mol. The maximum absolute atomic E-state index is 13.7. The number of ether oxygens (including phenoxy) is 1. The summed E-state index contributed by atoms with van der Waals surface area (Å²) in [6, 6.07) is 9.19. The number of nitrogens with one attached hydrogen (secondary N) is 1. The Morgan fingerprint density at radius 2 is 1.92 bits per heavy atom. The molecule has 0 aliphatic carbocycles. The number of hydrogen-bond donors (Lipinski definition) is 1. The minimum absolute atomic E-state index is 0.0260. The summed E-state index contributed by atoms with van der Waals surface area (Å²) in [5, 5.41) is 2.48. The molecule has 0 aromatic heterocycles. The number of benzene rings is 2. The summed E-state index contributed by atoms with van der Waals surface area (Å²) < 4.78 is 31.5. The lowest BCUT2D eigenvalue weighted by atomic mass is 10.2. The number of carbonyl (C=O) groups excluding carboxylic acids is 2. The second kappa shape index (κ2) is 7.54. The maximum atomic E-state index is 13.7. The van der Waals surface area contributed by atoms with Gasteiger partial charge < -0.3 is 15.0 Å². The number of rotatable bonds is 5. The number of carbonyl (C=O) groups is 2. The van der Waals surface area contributed by atoms with Crippen LogP contribution < -0.4 is 10.1 Å². The van der Waals surface area contributed by atoms with Crippen LogP contribution in [0.2, 0.25) is 0 Å². The molecule has 2 amide bonds. The molecule has 0 unspecified atom stereocenters. The predicted octanol–water partition coefficient (Wildman–Crippen LogP) is 2.68. The van der Waals surface area contributed by atoms with E-state index in [0.29, 0.717) is 0 Å². The molecule has 0 heterocycles. The minimum Gasteiger partial charge on any atom is -0.494 e. The van der Waals surface area contributed by atoms with Crippen molar-refractivity contribution in [2.75, 3.05) is 26.0 Å². The third kappa shape index (κ3) is 4.28. The van der Waals surface area contributed by atoms with Crippen LogP contribution in [0.1, 0.15) is 10.4 Å². The average molecular weight is 334 g/mol. The first-order valence-electron chi connectivity index (χ1n) is 7.05. The number of anilines is 1. The molecule has 2 aromatic carbocycles. The molecule has 7 heteroatoms. The lowest BCUT2D eigenvalue weighted by Crippen LogP contribution is -2.35. The normalized spacial score (nSPS) is 10.2. The summed E-state index contributed by atoms with van der Waals surface area (Å²) in [7, 11) is 2.73. The quantitative estimate of drug-likeness (QED) is 0.915. The second-order valence-corrected chi connectivity index (χ2v) is 5.07. The van der Waals surface area contributed by atoms with Crippen LogP contribution in [0.3, 0.4) is 0 Å². The van der Waals surface area contributed by atoms with E-state index in [0.717, 1.165) is 11.0 Å². The smallest absolute Gasteiger partial charge is 0.254 e. The van der Waals surface area contributed by atoms with Gasteiger partial charge in [0, 0.05) is 18.3 Å². The van der Waals surface area contributed by atoms with E-state index in [9.17, 15) is 18.4 Å². The van der Waals surface area contributed by atoms with Crippen molar-refractivity contribution < 1.29 is 23.1 Å². The van der Waals surface area contributed by atoms with Gasteiger partial charge in [-0.1, -0.05) is 6.07 Å². The number of halogens is 2. The fraction of sp³-hybridized carbons (Fsp3) is 0.176. The van der Waals surface area contributed by atoms with Crippen molar-refractivity contribution >= 4 is 17.5 Å². The van der Waals surface area contributed by atoms with Crippen LogP contribution in [0.15, 0.2) is 42.5 Å². The molecule has 2 aromatic rings. The van der Waals surface area contributed by atoms with Gasteiger partial charge in [0.15, 0.2) is 11.6 Å². The van der Waals surface area contributed by atoms with Crippen LogP contribution in [0.5, 0.6) is 5.75 Å². The summed E-state index contributed by atoms with van der Waals surface area (Å²) in [4.78, 5) is 25.3. The van der Waals surface area contributed by atoms with Crippen LogP contribution >= 0.6 is 0 Å². The minimum atomic E-state index is -0.666. The number of amides is 2. The average Bonchev–Trinajstić information content (AvgIpc) is 2.53. The van der Waals surface area contributed by atoms with Crippen molar-refractivity contribution in [3.63, 3.8) is 0 Å². The largest absolute Gasteiger partial charge is 0.494 e. The molecule has 0 bridgehead atoms. The van der Waals surface area contributed by atoms with Crippen LogP contribution in [0.25, 0.3) is 0 Å². The van der Waals surface area contributed by atoms with E-state index in [4.69, 9.17) is 4.74 Å². The van der Waals surface area contributed by atoms with Crippen molar-refractivity contribution in [1.29, 1.82) is 0 Å². The first-order valence-corrected chi connectivity index (χ1v) is 7.05. The molecule has 0 saturated heterocycles. The van der Waals surface area contributed by atoms with Gasteiger partial charge in [-0.2, -0.15) is 0 Å². The van der Waals surface area contributed by atoms with Crippen LogP contribution in [-0.4, -0.2) is 37.4 Å². The van der Waals surface area contributed by atoms with Gasteiger partial charge in [0.25, 0.3) is 5.91 Å². The maximum Gasteiger partial charge on any atom is 0.254 e. The number of hydrogen-bond acceptors (Lipinski definition) is 3. The summed E-state index contributed by atoms with van der Waals surface area (Å²) in [5.74, 6) is -2.14. The topological polar surface area (TPSA) is 58.6 Å². The molecule has 0 saturated carbocycles. The highest BCUT2D eigenvalue weighted by atomic mass is 19.1. The molecule has 0 spiro atoms. The van der Waals surface area contributed by atoms with E-state index < -0.39 is 23.4 Å². The Kier molecular flexibility index (Phi) is 5.47. The highest BCUT2D eigenvalue weighted by Gasteiger charge is 2.17. The SMILES string of the molecule is COc1ccc(C(=O)N(C)CC(=O)Nc2cccc(F)c2)cc1F. The van der Waals surface area contributed by atoms with E-state index in [1.165, 1.54) is 50.6 Å². The van der Waals surface area contributed by atoms with Gasteiger partial charge in [-0.25, -0.2) is 8.78 Å². The Bertz CT molecular complexity index is 765. The standard InChI is InChI=1S/C17H16F2N2O3/c1-21(10-16(22)20-13-5-3-4-12(18)9-13)17(23)11-6-7-15(24-2)14(19)8-11/h3-9H,10H2,1-2H3,(H,20,22). The summed E-state index contributed by atoms with van der Waals surface area (Å²) in [5.41, 5.74) is 0.380. The lowest BCUT2D eigenvalue weighted by Gasteiger charge is -2.17. The zero-order valence-corrected chi connectivity index (χ0v) is 13.2. The Morgan fingerprint density at radius 3 is 2.54 bits per heavy atom. The van der Waals surface area contributed by atoms with Gasteiger partial charge in [0.1, 0.15) is 5.82 Å². The van der Waals surface area contributed by atoms with Crippen molar-refractivity contribution in [3.05, 3.63) is 59.7 Å². The highest BCUT2D eigenvalue weighted by Crippen LogP contribution is 2.18. The van der Waals surface area contributed by atoms with Gasteiger partial charge in [-0.3, -0.25) is 9.59 Å². The summed E-state index contributed by atoms with van der Waals surface area (Å²) >= 11 is 0. The molecule has 2 rings (SSSR count). The molecule has 5 nitrogen and oxygen atoms in total. The van der Waals surface area contributed by atoms with E-state index in [-0.39, 0.29) is 23.5 Å².